The van der Waals surface area contributed by atoms with E-state index in [1.807, 2.05) is 0 Å². The van der Waals surface area contributed by atoms with E-state index in [0.29, 0.717) is 0 Å². The summed E-state index contributed by atoms with van der Waals surface area (Å²) < 4.78 is 37.4. The van der Waals surface area contributed by atoms with Crippen LogP contribution in [-0.2, 0) is 6.18 Å². The van der Waals surface area contributed by atoms with Gasteiger partial charge in [0, 0.05) is 0 Å². The van der Waals surface area contributed by atoms with Crippen LogP contribution in [-0.4, -0.2) is 18.4 Å². The van der Waals surface area contributed by atoms with Crippen LogP contribution < -0.4 is 10.2 Å². The highest BCUT2D eigenvalue weighted by Crippen LogP contribution is 2.32. The van der Waals surface area contributed by atoms with Crippen molar-refractivity contribution in [1.82, 2.24) is 5.32 Å². The van der Waals surface area contributed by atoms with Crippen LogP contribution in [0, 0.1) is 5.41 Å². The largest absolute Gasteiger partial charge is 0.416 e. The second kappa shape index (κ2) is 3.76. The number of hydrogen-bond acceptors (Lipinski definition) is 2. The lowest BCUT2D eigenvalue weighted by molar-refractivity contribution is -0.137. The number of urea groups is 1. The van der Waals surface area contributed by atoms with E-state index in [1.54, 1.807) is 0 Å². The Morgan fingerprint density at radius 1 is 1.35 bits per heavy atom. The number of hydrogen-bond donors (Lipinski definition) is 2. The highest BCUT2D eigenvalue weighted by molar-refractivity contribution is 6.20. The highest BCUT2D eigenvalue weighted by atomic mass is 19.4. The van der Waals surface area contributed by atoms with Crippen molar-refractivity contribution in [3.05, 3.63) is 29.8 Å². The van der Waals surface area contributed by atoms with Gasteiger partial charge in [0.15, 0.2) is 0 Å². The van der Waals surface area contributed by atoms with Gasteiger partial charge in [-0.25, -0.2) is 9.69 Å². The first-order valence-electron chi connectivity index (χ1n) is 4.72. The van der Waals surface area contributed by atoms with Crippen LogP contribution in [0.15, 0.2) is 24.3 Å². The fourth-order valence-electron chi connectivity index (χ4n) is 1.53. The fourth-order valence-corrected chi connectivity index (χ4v) is 1.53. The molecule has 0 aromatic heterocycles. The van der Waals surface area contributed by atoms with Crippen molar-refractivity contribution in [3.8, 4) is 0 Å². The molecule has 0 atom stereocenters. The third-order valence-electron chi connectivity index (χ3n) is 2.31. The van der Waals surface area contributed by atoms with Crippen molar-refractivity contribution in [2.24, 2.45) is 0 Å². The van der Waals surface area contributed by atoms with Gasteiger partial charge in [0.25, 0.3) is 0 Å². The number of nitrogens with one attached hydrogen (secondary N) is 2. The first kappa shape index (κ1) is 11.4. The monoisotopic (exact) mass is 243 g/mol. The van der Waals surface area contributed by atoms with Gasteiger partial charge in [0.2, 0.25) is 0 Å². The minimum Gasteiger partial charge on any atom is -0.330 e. The maximum absolute atomic E-state index is 12.5. The molecule has 2 amide bonds. The SMILES string of the molecule is N=C1CNC(=O)N1c1cccc(C(F)(F)F)c1. The summed E-state index contributed by atoms with van der Waals surface area (Å²) in [5.74, 6) is -0.0747. The number of amides is 2. The molecule has 2 rings (SSSR count). The molecular formula is C10H8F3N3O. The van der Waals surface area contributed by atoms with Gasteiger partial charge >= 0.3 is 12.2 Å². The van der Waals surface area contributed by atoms with Crippen LogP contribution in [0.3, 0.4) is 0 Å². The quantitative estimate of drug-likeness (QED) is 0.780. The van der Waals surface area contributed by atoms with E-state index in [9.17, 15) is 18.0 Å². The fraction of sp³-hybridized carbons (Fsp3) is 0.200. The molecule has 90 valence electrons. The van der Waals surface area contributed by atoms with Gasteiger partial charge in [-0.3, -0.25) is 5.41 Å². The zero-order valence-corrected chi connectivity index (χ0v) is 8.51. The Kier molecular flexibility index (Phi) is 2.53. The Hall–Kier alpha value is -2.05. The molecule has 1 aliphatic rings. The number of carbonyl (C=O) groups excluding carboxylic acids is 1. The number of carbonyl (C=O) groups is 1. The van der Waals surface area contributed by atoms with Crippen molar-refractivity contribution >= 4 is 17.6 Å². The molecule has 4 nitrogen and oxygen atoms in total. The number of anilines is 1. The van der Waals surface area contributed by atoms with E-state index in [2.05, 4.69) is 5.32 Å². The Morgan fingerprint density at radius 3 is 2.59 bits per heavy atom. The Morgan fingerprint density at radius 2 is 2.06 bits per heavy atom. The molecule has 1 saturated heterocycles. The van der Waals surface area contributed by atoms with Gasteiger partial charge in [-0.2, -0.15) is 13.2 Å². The third kappa shape index (κ3) is 2.08. The number of alkyl halides is 3. The lowest BCUT2D eigenvalue weighted by atomic mass is 10.2. The van der Waals surface area contributed by atoms with Crippen molar-refractivity contribution in [2.45, 2.75) is 6.18 Å². The van der Waals surface area contributed by atoms with E-state index in [-0.39, 0.29) is 18.1 Å². The Bertz CT molecular complexity index is 468. The maximum Gasteiger partial charge on any atom is 0.416 e. The summed E-state index contributed by atoms with van der Waals surface area (Å²) >= 11 is 0. The van der Waals surface area contributed by atoms with Crippen molar-refractivity contribution in [3.63, 3.8) is 0 Å². The molecule has 1 aromatic carbocycles. The predicted octanol–water partition coefficient (Wildman–Crippen LogP) is 2.21. The molecule has 0 unspecified atom stereocenters. The highest BCUT2D eigenvalue weighted by Gasteiger charge is 2.33. The lowest BCUT2D eigenvalue weighted by Crippen LogP contribution is -2.30. The molecule has 1 aliphatic heterocycles. The Balaban J connectivity index is 2.40. The number of benzene rings is 1. The lowest BCUT2D eigenvalue weighted by Gasteiger charge is -2.16. The van der Waals surface area contributed by atoms with Crippen LogP contribution in [0.1, 0.15) is 5.56 Å². The minimum atomic E-state index is -4.46. The molecule has 17 heavy (non-hydrogen) atoms. The average Bonchev–Trinajstić information content (AvgIpc) is 2.57. The Labute approximate surface area is 94.5 Å². The summed E-state index contributed by atoms with van der Waals surface area (Å²) in [6.07, 6.45) is -4.46. The minimum absolute atomic E-state index is 0.0229. The van der Waals surface area contributed by atoms with E-state index in [1.165, 1.54) is 12.1 Å². The normalized spacial score (nSPS) is 16.3. The first-order chi connectivity index (χ1) is 7.89. The van der Waals surface area contributed by atoms with E-state index >= 15 is 0 Å². The summed E-state index contributed by atoms with van der Waals surface area (Å²) in [6, 6.07) is 3.74. The number of nitrogens with zero attached hydrogens (tertiary/aromatic N) is 1. The van der Waals surface area contributed by atoms with E-state index < -0.39 is 17.8 Å². The molecule has 0 bridgehead atoms. The van der Waals surface area contributed by atoms with Crippen LogP contribution in [0.25, 0.3) is 0 Å². The van der Waals surface area contributed by atoms with E-state index in [0.717, 1.165) is 17.0 Å². The molecule has 0 radical (unpaired) electrons. The summed E-state index contributed by atoms with van der Waals surface area (Å²) in [5.41, 5.74) is -0.803. The molecule has 1 fully saturated rings. The van der Waals surface area contributed by atoms with Crippen molar-refractivity contribution < 1.29 is 18.0 Å². The van der Waals surface area contributed by atoms with E-state index in [4.69, 9.17) is 5.41 Å². The van der Waals surface area contributed by atoms with Crippen LogP contribution >= 0.6 is 0 Å². The summed E-state index contributed by atoms with van der Waals surface area (Å²) in [4.78, 5) is 12.3. The number of rotatable bonds is 1. The summed E-state index contributed by atoms with van der Waals surface area (Å²) in [7, 11) is 0. The van der Waals surface area contributed by atoms with Gasteiger partial charge < -0.3 is 5.32 Å². The maximum atomic E-state index is 12.5. The second-order valence-corrected chi connectivity index (χ2v) is 3.49. The molecule has 2 N–H and O–H groups in total. The average molecular weight is 243 g/mol. The molecule has 0 aliphatic carbocycles. The first-order valence-corrected chi connectivity index (χ1v) is 4.72. The van der Waals surface area contributed by atoms with Gasteiger partial charge in [-0.1, -0.05) is 6.07 Å². The zero-order chi connectivity index (χ0) is 12.6. The molecule has 7 heteroatoms. The molecular weight excluding hydrogens is 235 g/mol. The second-order valence-electron chi connectivity index (χ2n) is 3.49. The van der Waals surface area contributed by atoms with Crippen LogP contribution in [0.5, 0.6) is 0 Å². The molecule has 1 aromatic rings. The zero-order valence-electron chi connectivity index (χ0n) is 8.51. The molecule has 0 saturated carbocycles. The van der Waals surface area contributed by atoms with Crippen LogP contribution in [0.2, 0.25) is 0 Å². The number of halogens is 3. The topological polar surface area (TPSA) is 56.2 Å². The standard InChI is InChI=1S/C10H8F3N3O/c11-10(12,13)6-2-1-3-7(4-6)16-8(14)5-15-9(16)17/h1-4,14H,5H2,(H,15,17). The van der Waals surface area contributed by atoms with Gasteiger partial charge in [-0.05, 0) is 18.2 Å². The molecule has 1 heterocycles. The van der Waals surface area contributed by atoms with Crippen molar-refractivity contribution in [2.75, 3.05) is 11.4 Å². The van der Waals surface area contributed by atoms with Crippen molar-refractivity contribution in [1.29, 1.82) is 5.41 Å². The van der Waals surface area contributed by atoms with Gasteiger partial charge in [-0.15, -0.1) is 0 Å². The predicted molar refractivity (Wildman–Crippen MR) is 55.0 cm³/mol. The van der Waals surface area contributed by atoms with Crippen LogP contribution in [0.4, 0.5) is 23.7 Å². The number of amidine groups is 1. The summed E-state index contributed by atoms with van der Waals surface area (Å²) in [5, 5.41) is 9.82. The smallest absolute Gasteiger partial charge is 0.330 e. The van der Waals surface area contributed by atoms with Gasteiger partial charge in [0.1, 0.15) is 5.84 Å². The third-order valence-corrected chi connectivity index (χ3v) is 2.31. The van der Waals surface area contributed by atoms with Gasteiger partial charge in [0.05, 0.1) is 17.8 Å². The summed E-state index contributed by atoms with van der Waals surface area (Å²) in [6.45, 7) is 0.0229. The molecule has 0 spiro atoms.